The van der Waals surface area contributed by atoms with Crippen molar-refractivity contribution in [1.82, 2.24) is 4.72 Å². The van der Waals surface area contributed by atoms with Crippen molar-refractivity contribution in [3.05, 3.63) is 59.7 Å². The van der Waals surface area contributed by atoms with Crippen LogP contribution in [0.4, 0.5) is 5.69 Å². The Balaban J connectivity index is 1.72. The molecule has 1 aliphatic rings. The average molecular weight is 387 g/mol. The van der Waals surface area contributed by atoms with Gasteiger partial charge in [0.25, 0.3) is 5.91 Å². The molecule has 2 aromatic carbocycles. The minimum Gasteiger partial charge on any atom is -0.322 e. The number of benzene rings is 2. The quantitative estimate of drug-likeness (QED) is 0.755. The lowest BCUT2D eigenvalue weighted by atomic mass is 10.1. The molecular formula is C21H26N2O3S. The Kier molecular flexibility index (Phi) is 6.29. The second-order valence-corrected chi connectivity index (χ2v) is 8.82. The molecule has 0 saturated heterocycles. The number of nitrogens with one attached hydrogen (secondary N) is 2. The van der Waals surface area contributed by atoms with Crippen LogP contribution in [0.15, 0.2) is 53.4 Å². The summed E-state index contributed by atoms with van der Waals surface area (Å²) in [5.74, 6) is -0.217. The highest BCUT2D eigenvalue weighted by atomic mass is 32.2. The van der Waals surface area contributed by atoms with Crippen molar-refractivity contribution in [2.75, 3.05) is 5.32 Å². The highest BCUT2D eigenvalue weighted by molar-refractivity contribution is 7.89. The molecule has 0 spiro atoms. The summed E-state index contributed by atoms with van der Waals surface area (Å²) in [6.07, 6.45) is 6.26. The van der Waals surface area contributed by atoms with Gasteiger partial charge in [0.1, 0.15) is 0 Å². The summed E-state index contributed by atoms with van der Waals surface area (Å²) in [5, 5.41) is 2.84. The molecule has 0 radical (unpaired) electrons. The second kappa shape index (κ2) is 8.67. The third-order valence-corrected chi connectivity index (χ3v) is 6.49. The van der Waals surface area contributed by atoms with Crippen LogP contribution in [0, 0.1) is 6.92 Å². The fourth-order valence-electron chi connectivity index (χ4n) is 3.41. The number of amides is 1. The fourth-order valence-corrected chi connectivity index (χ4v) is 4.80. The first kappa shape index (κ1) is 19.6. The standard InChI is InChI=1S/C21H26N2O3S/c1-16-15-19(27(25,26)23-18-11-7-2-3-8-12-18)13-14-20(16)22-21(24)17-9-5-4-6-10-17/h4-6,9-10,13-15,18,23H,2-3,7-8,11-12H2,1H3,(H,22,24). The molecule has 2 aromatic rings. The van der Waals surface area contributed by atoms with E-state index in [0.717, 1.165) is 25.7 Å². The number of rotatable bonds is 5. The topological polar surface area (TPSA) is 75.3 Å². The SMILES string of the molecule is Cc1cc(S(=O)(=O)NC2CCCCCC2)ccc1NC(=O)c1ccccc1. The molecule has 6 heteroatoms. The van der Waals surface area contributed by atoms with E-state index in [0.29, 0.717) is 16.8 Å². The van der Waals surface area contributed by atoms with Gasteiger partial charge in [-0.05, 0) is 55.7 Å². The molecule has 1 saturated carbocycles. The lowest BCUT2D eigenvalue weighted by Gasteiger charge is -2.17. The third-order valence-electron chi connectivity index (χ3n) is 4.97. The van der Waals surface area contributed by atoms with Crippen LogP contribution < -0.4 is 10.0 Å². The smallest absolute Gasteiger partial charge is 0.255 e. The van der Waals surface area contributed by atoms with Crippen LogP contribution in [-0.2, 0) is 10.0 Å². The van der Waals surface area contributed by atoms with E-state index in [1.54, 1.807) is 49.4 Å². The minimum absolute atomic E-state index is 0.00951. The molecule has 0 heterocycles. The van der Waals surface area contributed by atoms with Gasteiger partial charge in [0.05, 0.1) is 4.90 Å². The maximum Gasteiger partial charge on any atom is 0.255 e. The van der Waals surface area contributed by atoms with Gasteiger partial charge in [-0.15, -0.1) is 0 Å². The Hall–Kier alpha value is -2.18. The van der Waals surface area contributed by atoms with Gasteiger partial charge in [-0.25, -0.2) is 13.1 Å². The van der Waals surface area contributed by atoms with Crippen LogP contribution in [0.1, 0.15) is 54.4 Å². The largest absolute Gasteiger partial charge is 0.322 e. The van der Waals surface area contributed by atoms with Gasteiger partial charge < -0.3 is 5.32 Å². The Labute approximate surface area is 161 Å². The number of sulfonamides is 1. The van der Waals surface area contributed by atoms with E-state index in [-0.39, 0.29) is 16.8 Å². The molecule has 0 bridgehead atoms. The van der Waals surface area contributed by atoms with Gasteiger partial charge in [0, 0.05) is 17.3 Å². The molecule has 3 rings (SSSR count). The Morgan fingerprint density at radius 2 is 1.63 bits per heavy atom. The summed E-state index contributed by atoms with van der Waals surface area (Å²) >= 11 is 0. The number of anilines is 1. The van der Waals surface area contributed by atoms with Crippen LogP contribution in [0.2, 0.25) is 0 Å². The van der Waals surface area contributed by atoms with Gasteiger partial charge in [0.2, 0.25) is 10.0 Å². The molecule has 2 N–H and O–H groups in total. The van der Waals surface area contributed by atoms with Gasteiger partial charge in [-0.1, -0.05) is 43.9 Å². The summed E-state index contributed by atoms with van der Waals surface area (Å²) in [7, 11) is -3.56. The highest BCUT2D eigenvalue weighted by Gasteiger charge is 2.22. The predicted octanol–water partition coefficient (Wildman–Crippen LogP) is 4.25. The summed E-state index contributed by atoms with van der Waals surface area (Å²) in [6, 6.07) is 13.7. The van der Waals surface area contributed by atoms with Crippen LogP contribution in [-0.4, -0.2) is 20.4 Å². The van der Waals surface area contributed by atoms with E-state index >= 15 is 0 Å². The molecule has 0 aromatic heterocycles. The van der Waals surface area contributed by atoms with Crippen molar-refractivity contribution in [2.24, 2.45) is 0 Å². The fraction of sp³-hybridized carbons (Fsp3) is 0.381. The van der Waals surface area contributed by atoms with Crippen molar-refractivity contribution in [2.45, 2.75) is 56.4 Å². The normalized spacial score (nSPS) is 15.9. The van der Waals surface area contributed by atoms with Crippen molar-refractivity contribution in [3.8, 4) is 0 Å². The van der Waals surface area contributed by atoms with Crippen molar-refractivity contribution in [1.29, 1.82) is 0 Å². The van der Waals surface area contributed by atoms with E-state index in [1.807, 2.05) is 6.07 Å². The summed E-state index contributed by atoms with van der Waals surface area (Å²) in [5.41, 5.74) is 1.88. The van der Waals surface area contributed by atoms with Gasteiger partial charge in [0.15, 0.2) is 0 Å². The van der Waals surface area contributed by atoms with E-state index in [1.165, 1.54) is 12.8 Å². The van der Waals surface area contributed by atoms with E-state index in [2.05, 4.69) is 10.0 Å². The minimum atomic E-state index is -3.56. The summed E-state index contributed by atoms with van der Waals surface area (Å²) in [4.78, 5) is 12.5. The van der Waals surface area contributed by atoms with Crippen LogP contribution in [0.3, 0.4) is 0 Å². The third kappa shape index (κ3) is 5.17. The first-order chi connectivity index (χ1) is 13.0. The molecule has 0 unspecified atom stereocenters. The predicted molar refractivity (Wildman–Crippen MR) is 107 cm³/mol. The molecule has 144 valence electrons. The molecule has 5 nitrogen and oxygen atoms in total. The van der Waals surface area contributed by atoms with Crippen LogP contribution in [0.25, 0.3) is 0 Å². The van der Waals surface area contributed by atoms with Gasteiger partial charge >= 0.3 is 0 Å². The Morgan fingerprint density at radius 1 is 0.963 bits per heavy atom. The van der Waals surface area contributed by atoms with E-state index in [4.69, 9.17) is 0 Å². The van der Waals surface area contributed by atoms with E-state index < -0.39 is 10.0 Å². The number of hydrogen-bond acceptors (Lipinski definition) is 3. The number of aryl methyl sites for hydroxylation is 1. The molecule has 27 heavy (non-hydrogen) atoms. The number of carbonyl (C=O) groups is 1. The van der Waals surface area contributed by atoms with E-state index in [9.17, 15) is 13.2 Å². The molecule has 1 fully saturated rings. The zero-order chi connectivity index (χ0) is 19.3. The van der Waals surface area contributed by atoms with Gasteiger partial charge in [-0.2, -0.15) is 0 Å². The highest BCUT2D eigenvalue weighted by Crippen LogP contribution is 2.23. The molecule has 0 atom stereocenters. The second-order valence-electron chi connectivity index (χ2n) is 7.11. The lowest BCUT2D eigenvalue weighted by Crippen LogP contribution is -2.34. The van der Waals surface area contributed by atoms with Crippen molar-refractivity contribution in [3.63, 3.8) is 0 Å². The van der Waals surface area contributed by atoms with Crippen molar-refractivity contribution >= 4 is 21.6 Å². The first-order valence-electron chi connectivity index (χ1n) is 9.45. The summed E-state index contributed by atoms with van der Waals surface area (Å²) in [6.45, 7) is 1.80. The number of hydrogen-bond donors (Lipinski definition) is 2. The van der Waals surface area contributed by atoms with Crippen molar-refractivity contribution < 1.29 is 13.2 Å². The Morgan fingerprint density at radius 3 is 2.26 bits per heavy atom. The maximum absolute atomic E-state index is 12.7. The zero-order valence-electron chi connectivity index (χ0n) is 15.6. The first-order valence-corrected chi connectivity index (χ1v) is 10.9. The van der Waals surface area contributed by atoms with Gasteiger partial charge in [-0.3, -0.25) is 4.79 Å². The number of carbonyl (C=O) groups excluding carboxylic acids is 1. The zero-order valence-corrected chi connectivity index (χ0v) is 16.4. The maximum atomic E-state index is 12.7. The van der Waals surface area contributed by atoms with Crippen LogP contribution >= 0.6 is 0 Å². The lowest BCUT2D eigenvalue weighted by molar-refractivity contribution is 0.102. The Bertz CT molecular complexity index is 887. The summed E-state index contributed by atoms with van der Waals surface area (Å²) < 4.78 is 28.3. The van der Waals surface area contributed by atoms with Crippen LogP contribution in [0.5, 0.6) is 0 Å². The molecule has 0 aliphatic heterocycles. The molecule has 1 amide bonds. The monoisotopic (exact) mass is 386 g/mol. The average Bonchev–Trinajstić information content (AvgIpc) is 2.92. The molecular weight excluding hydrogens is 360 g/mol. The molecule has 1 aliphatic carbocycles.